The first-order valence-corrected chi connectivity index (χ1v) is 11.1. The van der Waals surface area contributed by atoms with Gasteiger partial charge in [-0.05, 0) is 55.3 Å². The van der Waals surface area contributed by atoms with Gasteiger partial charge in [-0.2, -0.15) is 0 Å². The van der Waals surface area contributed by atoms with Gasteiger partial charge in [0, 0.05) is 21.5 Å². The third-order valence-electron chi connectivity index (χ3n) is 4.65. The molecule has 0 radical (unpaired) electrons. The van der Waals surface area contributed by atoms with Crippen molar-refractivity contribution in [1.29, 1.82) is 0 Å². The van der Waals surface area contributed by atoms with Gasteiger partial charge in [0.2, 0.25) is 0 Å². The van der Waals surface area contributed by atoms with Gasteiger partial charge in [0.1, 0.15) is 5.75 Å². The molecule has 7 heteroatoms. The number of nitrogens with zero attached hydrogens (tertiary/aromatic N) is 1. The molecule has 3 aromatic carbocycles. The van der Waals surface area contributed by atoms with Crippen LogP contribution in [-0.4, -0.2) is 19.4 Å². The number of carbonyl (C=O) groups excluding carboxylic acids is 1. The van der Waals surface area contributed by atoms with Crippen molar-refractivity contribution in [2.24, 2.45) is 0 Å². The van der Waals surface area contributed by atoms with Crippen LogP contribution in [0.3, 0.4) is 0 Å². The van der Waals surface area contributed by atoms with Crippen LogP contribution in [0.1, 0.15) is 21.5 Å². The molecule has 4 aromatic rings. The van der Waals surface area contributed by atoms with Crippen LogP contribution in [0.5, 0.6) is 5.75 Å². The zero-order valence-corrected chi connectivity index (χ0v) is 17.2. The second-order valence-electron chi connectivity index (χ2n) is 6.78. The third-order valence-corrected chi connectivity index (χ3v) is 6.11. The van der Waals surface area contributed by atoms with Crippen LogP contribution < -0.4 is 4.74 Å². The quantitative estimate of drug-likeness (QED) is 0.196. The molecule has 0 bridgehead atoms. The fraction of sp³-hybridized carbons (Fsp3) is 0.0909. The first-order chi connectivity index (χ1) is 13.7. The Labute approximate surface area is 172 Å². The number of aryl methyl sites for hydroxylation is 2. The molecule has 0 spiro atoms. The molecule has 0 aliphatic heterocycles. The topological polar surface area (TPSA) is 73.3 Å². The van der Waals surface area contributed by atoms with Crippen LogP contribution in [-0.2, 0) is 9.05 Å². The van der Waals surface area contributed by atoms with E-state index in [0.717, 1.165) is 5.56 Å². The van der Waals surface area contributed by atoms with Crippen molar-refractivity contribution in [3.05, 3.63) is 77.4 Å². The molecule has 0 unspecified atom stereocenters. The number of rotatable bonds is 3. The highest BCUT2D eigenvalue weighted by molar-refractivity contribution is 8.13. The average Bonchev–Trinajstić information content (AvgIpc) is 2.65. The van der Waals surface area contributed by atoms with Gasteiger partial charge >= 0.3 is 5.97 Å². The second-order valence-corrected chi connectivity index (χ2v) is 9.32. The summed E-state index contributed by atoms with van der Waals surface area (Å²) < 4.78 is 29.4. The van der Waals surface area contributed by atoms with E-state index in [1.165, 1.54) is 6.07 Å². The molecule has 0 fully saturated rings. The summed E-state index contributed by atoms with van der Waals surface area (Å²) in [5.41, 5.74) is 2.64. The van der Waals surface area contributed by atoms with Crippen molar-refractivity contribution in [2.75, 3.05) is 0 Å². The standard InChI is InChI=1S/C22H16ClNO4S/c1-13-8-9-16-18(10-13)24-19-12-20(29(23,26)27)14(2)11-17(19)21(16)22(25)28-15-6-4-3-5-7-15/h3-12H,1-2H3. The monoisotopic (exact) mass is 425 g/mol. The molecule has 0 aliphatic carbocycles. The molecule has 5 nitrogen and oxygen atoms in total. The van der Waals surface area contributed by atoms with Gasteiger partial charge < -0.3 is 4.74 Å². The van der Waals surface area contributed by atoms with Gasteiger partial charge in [0.25, 0.3) is 9.05 Å². The predicted molar refractivity (Wildman–Crippen MR) is 113 cm³/mol. The molecule has 0 N–H and O–H groups in total. The number of pyridine rings is 1. The Hall–Kier alpha value is -2.96. The van der Waals surface area contributed by atoms with E-state index in [0.29, 0.717) is 38.7 Å². The minimum absolute atomic E-state index is 0.0338. The average molecular weight is 426 g/mol. The van der Waals surface area contributed by atoms with Crippen molar-refractivity contribution >= 4 is 47.5 Å². The lowest BCUT2D eigenvalue weighted by atomic mass is 10.00. The maximum absolute atomic E-state index is 13.1. The Morgan fingerprint density at radius 3 is 2.31 bits per heavy atom. The molecule has 146 valence electrons. The number of carbonyl (C=O) groups is 1. The van der Waals surface area contributed by atoms with E-state index >= 15 is 0 Å². The number of hydrogen-bond donors (Lipinski definition) is 0. The van der Waals surface area contributed by atoms with E-state index < -0.39 is 15.0 Å². The molecule has 0 aliphatic rings. The largest absolute Gasteiger partial charge is 0.423 e. The number of fused-ring (bicyclic) bond motifs is 2. The summed E-state index contributed by atoms with van der Waals surface area (Å²) in [5, 5.41) is 1.13. The highest BCUT2D eigenvalue weighted by atomic mass is 35.7. The van der Waals surface area contributed by atoms with E-state index in [-0.39, 0.29) is 4.90 Å². The lowest BCUT2D eigenvalue weighted by molar-refractivity contribution is 0.0739. The van der Waals surface area contributed by atoms with Crippen LogP contribution in [0, 0.1) is 13.8 Å². The summed E-state index contributed by atoms with van der Waals surface area (Å²) in [6.07, 6.45) is 0. The summed E-state index contributed by atoms with van der Waals surface area (Å²) in [6.45, 7) is 3.54. The number of benzene rings is 3. The lowest BCUT2D eigenvalue weighted by Crippen LogP contribution is -2.11. The first-order valence-electron chi connectivity index (χ1n) is 8.80. The van der Waals surface area contributed by atoms with E-state index in [1.807, 2.05) is 31.2 Å². The molecular weight excluding hydrogens is 410 g/mol. The van der Waals surface area contributed by atoms with Crippen LogP contribution >= 0.6 is 10.7 Å². The van der Waals surface area contributed by atoms with Gasteiger partial charge in [-0.1, -0.05) is 30.3 Å². The van der Waals surface area contributed by atoms with Gasteiger partial charge in [-0.3, -0.25) is 0 Å². The van der Waals surface area contributed by atoms with Gasteiger partial charge in [0.15, 0.2) is 0 Å². The summed E-state index contributed by atoms with van der Waals surface area (Å²) in [7, 11) is 1.62. The van der Waals surface area contributed by atoms with E-state index in [4.69, 9.17) is 15.4 Å². The molecule has 0 saturated carbocycles. The molecule has 0 amide bonds. The summed E-state index contributed by atoms with van der Waals surface area (Å²) in [4.78, 5) is 17.7. The van der Waals surface area contributed by atoms with Crippen molar-refractivity contribution in [3.8, 4) is 5.75 Å². The Morgan fingerprint density at radius 1 is 0.931 bits per heavy atom. The van der Waals surface area contributed by atoms with Gasteiger partial charge in [0.05, 0.1) is 21.5 Å². The molecule has 1 aromatic heterocycles. The smallest absolute Gasteiger partial charge is 0.344 e. The first kappa shape index (κ1) is 19.4. The minimum Gasteiger partial charge on any atom is -0.423 e. The minimum atomic E-state index is -3.95. The van der Waals surface area contributed by atoms with Crippen LogP contribution in [0.25, 0.3) is 21.8 Å². The highest BCUT2D eigenvalue weighted by Crippen LogP contribution is 2.32. The molecule has 0 atom stereocenters. The fourth-order valence-electron chi connectivity index (χ4n) is 3.32. The molecule has 4 rings (SSSR count). The van der Waals surface area contributed by atoms with Crippen LogP contribution in [0.15, 0.2) is 65.6 Å². The zero-order valence-electron chi connectivity index (χ0n) is 15.6. The highest BCUT2D eigenvalue weighted by Gasteiger charge is 2.22. The van der Waals surface area contributed by atoms with E-state index in [9.17, 15) is 13.2 Å². The number of hydrogen-bond acceptors (Lipinski definition) is 5. The maximum Gasteiger partial charge on any atom is 0.344 e. The zero-order chi connectivity index (χ0) is 20.8. The number of halogens is 1. The van der Waals surface area contributed by atoms with Crippen LogP contribution in [0.4, 0.5) is 0 Å². The number of aromatic nitrogens is 1. The number of esters is 1. The third kappa shape index (κ3) is 3.69. The van der Waals surface area contributed by atoms with E-state index in [1.54, 1.807) is 37.3 Å². The Balaban J connectivity index is 2.03. The number of para-hydroxylation sites is 1. The summed E-state index contributed by atoms with van der Waals surface area (Å²) in [6, 6.07) is 17.3. The Bertz CT molecular complexity index is 1380. The molecular formula is C22H16ClNO4S. The Kier molecular flexibility index (Phi) is 4.76. The van der Waals surface area contributed by atoms with Gasteiger partial charge in [-0.25, -0.2) is 18.2 Å². The van der Waals surface area contributed by atoms with Gasteiger partial charge in [-0.15, -0.1) is 0 Å². The normalized spacial score (nSPS) is 11.7. The summed E-state index contributed by atoms with van der Waals surface area (Å²) >= 11 is 0. The Morgan fingerprint density at radius 2 is 1.62 bits per heavy atom. The SMILES string of the molecule is Cc1ccc2c(C(=O)Oc3ccccc3)c3cc(C)c(S(=O)(=O)Cl)cc3nc2c1. The molecule has 29 heavy (non-hydrogen) atoms. The fourth-order valence-corrected chi connectivity index (χ4v) is 4.51. The van der Waals surface area contributed by atoms with Crippen molar-refractivity contribution in [2.45, 2.75) is 18.7 Å². The summed E-state index contributed by atoms with van der Waals surface area (Å²) in [5.74, 6) is -0.127. The molecule has 1 heterocycles. The lowest BCUT2D eigenvalue weighted by Gasteiger charge is -2.13. The van der Waals surface area contributed by atoms with Crippen molar-refractivity contribution in [3.63, 3.8) is 0 Å². The van der Waals surface area contributed by atoms with Crippen molar-refractivity contribution < 1.29 is 17.9 Å². The van der Waals surface area contributed by atoms with Crippen LogP contribution in [0.2, 0.25) is 0 Å². The second kappa shape index (κ2) is 7.13. The predicted octanol–water partition coefficient (Wildman–Crippen LogP) is 5.15. The molecule has 0 saturated heterocycles. The maximum atomic E-state index is 13.1. The van der Waals surface area contributed by atoms with Crippen molar-refractivity contribution in [1.82, 2.24) is 4.98 Å². The number of ether oxygens (including phenoxy) is 1. The van der Waals surface area contributed by atoms with E-state index in [2.05, 4.69) is 4.98 Å².